The fourth-order valence-corrected chi connectivity index (χ4v) is 6.93. The molecule has 2 atom stereocenters. The van der Waals surface area contributed by atoms with Gasteiger partial charge in [-0.15, -0.1) is 0 Å². The second kappa shape index (κ2) is 12.5. The number of carbonyl (C=O) groups is 2. The highest BCUT2D eigenvalue weighted by Crippen LogP contribution is 2.36. The molecule has 1 aliphatic carbocycles. The Morgan fingerprint density at radius 2 is 1.98 bits per heavy atom. The first-order chi connectivity index (χ1) is 20.0. The van der Waals surface area contributed by atoms with E-state index in [0.29, 0.717) is 49.5 Å². The number of thiazole rings is 1. The highest BCUT2D eigenvalue weighted by Gasteiger charge is 2.42. The Morgan fingerprint density at radius 1 is 1.15 bits per heavy atom. The zero-order valence-electron chi connectivity index (χ0n) is 23.8. The normalized spacial score (nSPS) is 24.9. The molecule has 6 rings (SSSR count). The summed E-state index contributed by atoms with van der Waals surface area (Å²) >= 11 is 1.49. The van der Waals surface area contributed by atoms with E-state index in [1.807, 2.05) is 29.4 Å². The number of fused-ring (bicyclic) bond motifs is 1. The van der Waals surface area contributed by atoms with Crippen molar-refractivity contribution < 1.29 is 19.1 Å². The second-order valence-electron chi connectivity index (χ2n) is 11.4. The molecule has 11 heteroatoms. The molecule has 2 saturated heterocycles. The number of nitrogens with zero attached hydrogens (tertiary/aromatic N) is 5. The van der Waals surface area contributed by atoms with Crippen LogP contribution in [0, 0.1) is 11.8 Å². The lowest BCUT2D eigenvalue weighted by molar-refractivity contribution is -0.140. The first-order valence-electron chi connectivity index (χ1n) is 14.7. The molecule has 2 amide bonds. The lowest BCUT2D eigenvalue weighted by Crippen LogP contribution is -2.60. The number of carbonyl (C=O) groups excluding carboxylic acids is 2. The molecule has 3 aromatic rings. The monoisotopic (exact) mass is 578 g/mol. The molecule has 2 aliphatic heterocycles. The topological polar surface area (TPSA) is 110 Å². The van der Waals surface area contributed by atoms with Crippen LogP contribution in [0.3, 0.4) is 0 Å². The maximum atomic E-state index is 13.0. The van der Waals surface area contributed by atoms with Gasteiger partial charge in [0, 0.05) is 68.8 Å². The van der Waals surface area contributed by atoms with Gasteiger partial charge in [-0.2, -0.15) is 0 Å². The first-order valence-corrected chi connectivity index (χ1v) is 15.5. The molecule has 3 aliphatic rings. The van der Waals surface area contributed by atoms with Crippen molar-refractivity contribution in [1.82, 2.24) is 24.8 Å². The summed E-state index contributed by atoms with van der Waals surface area (Å²) < 4.78 is 11.9. The SMILES string of the molecule is CCCOCc1ncc(-c2ccc3nc(NC(=O)C4CC(N5CCN(C(=O)C6CCOC6)C[C@@H]5C)C4)sc3c2)cn1. The number of nitrogens with one attached hydrogen (secondary N) is 1. The highest BCUT2D eigenvalue weighted by molar-refractivity contribution is 7.22. The smallest absolute Gasteiger partial charge is 0.229 e. The van der Waals surface area contributed by atoms with Crippen LogP contribution in [0.5, 0.6) is 0 Å². The summed E-state index contributed by atoms with van der Waals surface area (Å²) in [6.07, 6.45) is 7.12. The fourth-order valence-electron chi connectivity index (χ4n) is 6.03. The van der Waals surface area contributed by atoms with Crippen LogP contribution >= 0.6 is 11.3 Å². The number of amides is 2. The van der Waals surface area contributed by atoms with E-state index in [4.69, 9.17) is 9.47 Å². The van der Waals surface area contributed by atoms with Crippen LogP contribution in [0.4, 0.5) is 5.13 Å². The van der Waals surface area contributed by atoms with Crippen LogP contribution in [0.15, 0.2) is 30.6 Å². The van der Waals surface area contributed by atoms with Crippen LogP contribution in [0.25, 0.3) is 21.3 Å². The van der Waals surface area contributed by atoms with E-state index in [1.165, 1.54) is 11.3 Å². The number of aromatic nitrogens is 3. The van der Waals surface area contributed by atoms with Gasteiger partial charge in [0.15, 0.2) is 11.0 Å². The molecule has 1 unspecified atom stereocenters. The molecule has 1 N–H and O–H groups in total. The summed E-state index contributed by atoms with van der Waals surface area (Å²) in [7, 11) is 0. The lowest BCUT2D eigenvalue weighted by Gasteiger charge is -2.49. The van der Waals surface area contributed by atoms with Crippen molar-refractivity contribution in [2.45, 2.75) is 58.2 Å². The zero-order chi connectivity index (χ0) is 28.3. The van der Waals surface area contributed by atoms with Gasteiger partial charge in [0.05, 0.1) is 22.7 Å². The van der Waals surface area contributed by atoms with Gasteiger partial charge in [-0.3, -0.25) is 14.5 Å². The van der Waals surface area contributed by atoms with Crippen molar-refractivity contribution in [3.05, 3.63) is 36.4 Å². The number of benzene rings is 1. The molecule has 0 bridgehead atoms. The van der Waals surface area contributed by atoms with Gasteiger partial charge in [-0.05, 0) is 50.3 Å². The van der Waals surface area contributed by atoms with Crippen LogP contribution in [0.1, 0.15) is 45.4 Å². The Morgan fingerprint density at radius 3 is 2.71 bits per heavy atom. The van der Waals surface area contributed by atoms with Crippen molar-refractivity contribution in [3.8, 4) is 11.1 Å². The average Bonchev–Trinajstić information content (AvgIpc) is 3.63. The average molecular weight is 579 g/mol. The third-order valence-electron chi connectivity index (χ3n) is 8.46. The Hall–Kier alpha value is -2.99. The minimum Gasteiger partial charge on any atom is -0.381 e. The molecule has 1 saturated carbocycles. The largest absolute Gasteiger partial charge is 0.381 e. The van der Waals surface area contributed by atoms with Gasteiger partial charge in [-0.25, -0.2) is 15.0 Å². The first kappa shape index (κ1) is 28.1. The highest BCUT2D eigenvalue weighted by atomic mass is 32.1. The van der Waals surface area contributed by atoms with Gasteiger partial charge in [-0.1, -0.05) is 24.3 Å². The summed E-state index contributed by atoms with van der Waals surface area (Å²) in [5, 5.41) is 3.69. The molecule has 0 spiro atoms. The van der Waals surface area contributed by atoms with E-state index in [0.717, 1.165) is 66.7 Å². The minimum absolute atomic E-state index is 0.0120. The molecule has 4 heterocycles. The standard InChI is InChI=1S/C30H38N6O4S/c1-3-9-39-18-27-31-14-23(15-32-27)20-4-5-25-26(13-20)41-30(33-25)34-28(37)22-11-24(12-22)36-8-7-35(16-19(36)2)29(38)21-6-10-40-17-21/h4-5,13-15,19,21-22,24H,3,6-12,16-18H2,1-2H3,(H,33,34,37)/t19-,21?,22?,24?/m0/s1. The molecule has 41 heavy (non-hydrogen) atoms. The Bertz CT molecular complexity index is 1370. The van der Waals surface area contributed by atoms with E-state index in [1.54, 1.807) is 0 Å². The predicted octanol–water partition coefficient (Wildman–Crippen LogP) is 3.97. The van der Waals surface area contributed by atoms with Crippen LogP contribution in [-0.2, 0) is 25.7 Å². The molecule has 2 aromatic heterocycles. The Kier molecular flexibility index (Phi) is 8.57. The van der Waals surface area contributed by atoms with Gasteiger partial charge in [0.1, 0.15) is 6.61 Å². The molecule has 3 fully saturated rings. The molecular formula is C30H38N6O4S. The van der Waals surface area contributed by atoms with E-state index >= 15 is 0 Å². The number of hydrogen-bond donors (Lipinski definition) is 1. The van der Waals surface area contributed by atoms with Gasteiger partial charge in [0.25, 0.3) is 0 Å². The second-order valence-corrected chi connectivity index (χ2v) is 12.4. The van der Waals surface area contributed by atoms with E-state index in [2.05, 4.69) is 45.1 Å². The molecule has 218 valence electrons. The van der Waals surface area contributed by atoms with Gasteiger partial charge in [0.2, 0.25) is 11.8 Å². The number of piperazine rings is 1. The van der Waals surface area contributed by atoms with E-state index < -0.39 is 0 Å². The van der Waals surface area contributed by atoms with Crippen molar-refractivity contribution in [3.63, 3.8) is 0 Å². The lowest BCUT2D eigenvalue weighted by atomic mass is 9.78. The van der Waals surface area contributed by atoms with Crippen LogP contribution < -0.4 is 5.32 Å². The maximum absolute atomic E-state index is 13.0. The Balaban J connectivity index is 1.00. The molecular weight excluding hydrogens is 540 g/mol. The maximum Gasteiger partial charge on any atom is 0.229 e. The van der Waals surface area contributed by atoms with Crippen LogP contribution in [-0.4, -0.2) is 88.1 Å². The zero-order valence-corrected chi connectivity index (χ0v) is 24.6. The minimum atomic E-state index is -0.0120. The molecule has 1 aromatic carbocycles. The summed E-state index contributed by atoms with van der Waals surface area (Å²) in [5.41, 5.74) is 2.79. The van der Waals surface area contributed by atoms with E-state index in [-0.39, 0.29) is 23.7 Å². The van der Waals surface area contributed by atoms with Gasteiger partial charge >= 0.3 is 0 Å². The molecule has 0 radical (unpaired) electrons. The van der Waals surface area contributed by atoms with Crippen molar-refractivity contribution in [2.24, 2.45) is 11.8 Å². The summed E-state index contributed by atoms with van der Waals surface area (Å²) in [4.78, 5) is 43.8. The summed E-state index contributed by atoms with van der Waals surface area (Å²) in [5.74, 6) is 0.961. The predicted molar refractivity (Wildman–Crippen MR) is 157 cm³/mol. The summed E-state index contributed by atoms with van der Waals surface area (Å²) in [6, 6.07) is 6.72. The third-order valence-corrected chi connectivity index (χ3v) is 9.39. The van der Waals surface area contributed by atoms with E-state index in [9.17, 15) is 9.59 Å². The van der Waals surface area contributed by atoms with Crippen LogP contribution in [0.2, 0.25) is 0 Å². The molecule has 10 nitrogen and oxygen atoms in total. The Labute approximate surface area is 244 Å². The third kappa shape index (κ3) is 6.28. The van der Waals surface area contributed by atoms with Crippen molar-refractivity contribution in [1.29, 1.82) is 0 Å². The number of ether oxygens (including phenoxy) is 2. The van der Waals surface area contributed by atoms with Crippen molar-refractivity contribution in [2.75, 3.05) is 44.8 Å². The van der Waals surface area contributed by atoms with Crippen molar-refractivity contribution >= 4 is 38.5 Å². The number of anilines is 1. The summed E-state index contributed by atoms with van der Waals surface area (Å²) in [6.45, 7) is 8.99. The van der Waals surface area contributed by atoms with Gasteiger partial charge < -0.3 is 19.7 Å². The fraction of sp³-hybridized carbons (Fsp3) is 0.567. The number of rotatable bonds is 9. The number of hydrogen-bond acceptors (Lipinski definition) is 9. The quantitative estimate of drug-likeness (QED) is 0.380.